The van der Waals surface area contributed by atoms with Crippen molar-refractivity contribution >= 4 is 16.6 Å². The van der Waals surface area contributed by atoms with Crippen LogP contribution in [0.5, 0.6) is 0 Å². The number of hydrogen-bond acceptors (Lipinski definition) is 1. The Morgan fingerprint density at radius 3 is 2.64 bits per heavy atom. The molecule has 0 fully saturated rings. The van der Waals surface area contributed by atoms with Crippen LogP contribution in [0.2, 0.25) is 0 Å². The number of aromatic nitrogens is 1. The number of fused-ring (bicyclic) bond motifs is 2. The van der Waals surface area contributed by atoms with Gasteiger partial charge in [-0.1, -0.05) is 42.5 Å². The average molecular weight is 291 g/mol. The smallest absolute Gasteiger partial charge is 0.213 e. The molecule has 0 bridgehead atoms. The highest BCUT2D eigenvalue weighted by Crippen LogP contribution is 2.24. The second-order valence-corrected chi connectivity index (χ2v) is 6.13. The molecule has 0 saturated heterocycles. The minimum Gasteiger partial charge on any atom is -0.397 e. The van der Waals surface area contributed by atoms with Crippen LogP contribution in [-0.2, 0) is 19.5 Å². The van der Waals surface area contributed by atoms with E-state index in [0.717, 1.165) is 42.6 Å². The Kier molecular flexibility index (Phi) is 3.28. The van der Waals surface area contributed by atoms with Crippen molar-refractivity contribution in [2.75, 3.05) is 12.3 Å². The lowest BCUT2D eigenvalue weighted by atomic mass is 10.00. The van der Waals surface area contributed by atoms with Gasteiger partial charge in [-0.05, 0) is 6.07 Å². The molecule has 4 N–H and O–H groups in total. The molecule has 110 valence electrons. The van der Waals surface area contributed by atoms with Crippen molar-refractivity contribution in [3.63, 3.8) is 0 Å². The van der Waals surface area contributed by atoms with Crippen LogP contribution in [0.3, 0.4) is 0 Å². The Bertz CT molecular complexity index is 812. The molecule has 22 heavy (non-hydrogen) atoms. The number of anilines is 1. The van der Waals surface area contributed by atoms with Crippen LogP contribution in [-0.4, -0.2) is 6.54 Å². The monoisotopic (exact) mass is 291 g/mol. The molecule has 0 radical (unpaired) electrons. The van der Waals surface area contributed by atoms with Gasteiger partial charge in [-0.25, -0.2) is 4.98 Å². The molecule has 1 aliphatic heterocycles. The Balaban J connectivity index is 1.67. The summed E-state index contributed by atoms with van der Waals surface area (Å²) in [6.45, 7) is 3.21. The topological polar surface area (TPSA) is 44.6 Å². The Hall–Kier alpha value is -2.39. The lowest BCUT2D eigenvalue weighted by Crippen LogP contribution is -3.10. The highest BCUT2D eigenvalue weighted by molar-refractivity contribution is 5.89. The summed E-state index contributed by atoms with van der Waals surface area (Å²) < 4.78 is 0. The quantitative estimate of drug-likeness (QED) is 0.736. The number of nitrogens with two attached hydrogens (primary N) is 1. The van der Waals surface area contributed by atoms with Crippen molar-refractivity contribution in [1.29, 1.82) is 0 Å². The molecule has 0 saturated carbocycles. The minimum atomic E-state index is 0.953. The van der Waals surface area contributed by atoms with E-state index < -0.39 is 0 Å². The van der Waals surface area contributed by atoms with Gasteiger partial charge in [0.2, 0.25) is 5.52 Å². The van der Waals surface area contributed by atoms with Crippen LogP contribution in [0, 0.1) is 0 Å². The largest absolute Gasteiger partial charge is 0.397 e. The molecule has 1 aliphatic rings. The van der Waals surface area contributed by atoms with E-state index in [1.54, 1.807) is 4.90 Å². The molecule has 1 atom stereocenters. The molecule has 2 heterocycles. The summed E-state index contributed by atoms with van der Waals surface area (Å²) in [5.41, 5.74) is 12.6. The molecule has 3 aromatic rings. The van der Waals surface area contributed by atoms with Crippen molar-refractivity contribution in [1.82, 2.24) is 0 Å². The van der Waals surface area contributed by atoms with E-state index in [1.165, 1.54) is 16.8 Å². The molecule has 1 unspecified atom stereocenters. The van der Waals surface area contributed by atoms with Gasteiger partial charge in [-0.2, -0.15) is 0 Å². The summed E-state index contributed by atoms with van der Waals surface area (Å²) in [6.07, 6.45) is 1.06. The van der Waals surface area contributed by atoms with Gasteiger partial charge >= 0.3 is 0 Å². The van der Waals surface area contributed by atoms with E-state index in [1.807, 2.05) is 0 Å². The zero-order valence-electron chi connectivity index (χ0n) is 12.6. The van der Waals surface area contributed by atoms with E-state index in [2.05, 4.69) is 59.6 Å². The highest BCUT2D eigenvalue weighted by atomic mass is 15.1. The van der Waals surface area contributed by atoms with Crippen LogP contribution in [0.1, 0.15) is 16.8 Å². The number of aromatic amines is 1. The lowest BCUT2D eigenvalue weighted by molar-refractivity contribution is -0.930. The predicted octanol–water partition coefficient (Wildman–Crippen LogP) is 1.38. The van der Waals surface area contributed by atoms with E-state index in [9.17, 15) is 0 Å². The van der Waals surface area contributed by atoms with E-state index in [4.69, 9.17) is 5.73 Å². The van der Waals surface area contributed by atoms with Crippen molar-refractivity contribution in [3.8, 4) is 0 Å². The summed E-state index contributed by atoms with van der Waals surface area (Å²) in [7, 11) is 0. The maximum atomic E-state index is 6.46. The summed E-state index contributed by atoms with van der Waals surface area (Å²) in [5, 5.41) is 1.14. The number of para-hydroxylation sites is 1. The first-order valence-electron chi connectivity index (χ1n) is 7.90. The third kappa shape index (κ3) is 2.34. The van der Waals surface area contributed by atoms with Crippen LogP contribution in [0.25, 0.3) is 10.9 Å². The fourth-order valence-corrected chi connectivity index (χ4v) is 3.48. The summed E-state index contributed by atoms with van der Waals surface area (Å²) in [6, 6.07) is 19.0. The van der Waals surface area contributed by atoms with Crippen molar-refractivity contribution < 1.29 is 9.88 Å². The third-order valence-electron chi connectivity index (χ3n) is 4.64. The minimum absolute atomic E-state index is 0.953. The molecule has 3 heteroatoms. The summed E-state index contributed by atoms with van der Waals surface area (Å²) >= 11 is 0. The first kappa shape index (κ1) is 13.3. The van der Waals surface area contributed by atoms with Crippen molar-refractivity contribution in [2.24, 2.45) is 0 Å². The first-order valence-corrected chi connectivity index (χ1v) is 7.90. The first-order chi connectivity index (χ1) is 10.8. The van der Waals surface area contributed by atoms with E-state index in [0.29, 0.717) is 0 Å². The fourth-order valence-electron chi connectivity index (χ4n) is 3.48. The Morgan fingerprint density at radius 1 is 1.00 bits per heavy atom. The summed E-state index contributed by atoms with van der Waals surface area (Å²) in [5.74, 6) is 0. The molecule has 4 rings (SSSR count). The van der Waals surface area contributed by atoms with Crippen molar-refractivity contribution in [3.05, 3.63) is 71.4 Å². The molecular formula is C19H21N3+2. The normalized spacial score (nSPS) is 17.4. The molecule has 0 spiro atoms. The Labute approximate surface area is 130 Å². The second-order valence-electron chi connectivity index (χ2n) is 6.13. The Morgan fingerprint density at radius 2 is 1.77 bits per heavy atom. The van der Waals surface area contributed by atoms with E-state index >= 15 is 0 Å². The van der Waals surface area contributed by atoms with Gasteiger partial charge in [0, 0.05) is 11.6 Å². The van der Waals surface area contributed by atoms with Gasteiger partial charge in [0.1, 0.15) is 13.1 Å². The zero-order valence-corrected chi connectivity index (χ0v) is 12.6. The maximum Gasteiger partial charge on any atom is 0.213 e. The van der Waals surface area contributed by atoms with Gasteiger partial charge in [0.25, 0.3) is 0 Å². The molecular weight excluding hydrogens is 270 g/mol. The highest BCUT2D eigenvalue weighted by Gasteiger charge is 2.28. The van der Waals surface area contributed by atoms with Crippen LogP contribution in [0.4, 0.5) is 5.69 Å². The molecule has 0 amide bonds. The van der Waals surface area contributed by atoms with E-state index in [-0.39, 0.29) is 0 Å². The molecule has 0 aliphatic carbocycles. The van der Waals surface area contributed by atoms with Gasteiger partial charge in [0.15, 0.2) is 5.69 Å². The lowest BCUT2D eigenvalue weighted by Gasteiger charge is -2.24. The predicted molar refractivity (Wildman–Crippen MR) is 88.3 cm³/mol. The number of nitrogen functional groups attached to an aromatic ring is 1. The number of hydrogen-bond donors (Lipinski definition) is 2. The fraction of sp³-hybridized carbons (Fsp3) is 0.211. The summed E-state index contributed by atoms with van der Waals surface area (Å²) in [4.78, 5) is 5.16. The third-order valence-corrected chi connectivity index (χ3v) is 4.64. The maximum absolute atomic E-state index is 6.46. The van der Waals surface area contributed by atoms with Gasteiger partial charge in [0.05, 0.1) is 29.6 Å². The standard InChI is InChI=1S/C19H19N3/c20-19-15-8-4-5-9-17(15)21-18-10-11-22(13-16(18)19)12-14-6-2-1-3-7-14/h1-9H,10-13H2,(H2,20,21)/p+2. The number of quaternary nitrogens is 1. The van der Waals surface area contributed by atoms with Crippen LogP contribution in [0.15, 0.2) is 54.6 Å². The van der Waals surface area contributed by atoms with Gasteiger partial charge in [-0.3, -0.25) is 0 Å². The number of H-pyrrole nitrogens is 1. The molecule has 2 aromatic carbocycles. The second kappa shape index (κ2) is 5.43. The van der Waals surface area contributed by atoms with Gasteiger partial charge in [-0.15, -0.1) is 0 Å². The molecule has 1 aromatic heterocycles. The zero-order chi connectivity index (χ0) is 14.9. The molecule has 3 nitrogen and oxygen atoms in total. The van der Waals surface area contributed by atoms with Crippen molar-refractivity contribution in [2.45, 2.75) is 19.5 Å². The average Bonchev–Trinajstić information content (AvgIpc) is 2.57. The number of benzene rings is 2. The van der Waals surface area contributed by atoms with Gasteiger partial charge < -0.3 is 10.6 Å². The van der Waals surface area contributed by atoms with Crippen LogP contribution < -0.4 is 15.6 Å². The number of nitrogens with one attached hydrogen (secondary N) is 2. The van der Waals surface area contributed by atoms with Crippen LogP contribution >= 0.6 is 0 Å². The SMILES string of the molecule is Nc1c2c([nH+]c3ccccc13)CC[NH+](Cc1ccccc1)C2. The number of rotatable bonds is 2. The number of pyridine rings is 1.